The number of hydrogen-bond donors (Lipinski definition) is 1. The Morgan fingerprint density at radius 2 is 2.54 bits per heavy atom. The number of hydrogen-bond acceptors (Lipinski definition) is 2. The van der Waals surface area contributed by atoms with Crippen LogP contribution in [0.1, 0.15) is 19.8 Å². The third-order valence-electron chi connectivity index (χ3n) is 1.71. The lowest BCUT2D eigenvalue weighted by molar-refractivity contribution is -0.121. The maximum atomic E-state index is 11.4. The van der Waals surface area contributed by atoms with Gasteiger partial charge >= 0.3 is 0 Å². The smallest absolute Gasteiger partial charge is 0.286 e. The Morgan fingerprint density at radius 3 is 3.08 bits per heavy atom. The van der Waals surface area contributed by atoms with Gasteiger partial charge in [0.15, 0.2) is 5.76 Å². The van der Waals surface area contributed by atoms with Crippen LogP contribution in [0.2, 0.25) is 0 Å². The molecule has 1 amide bonds. The lowest BCUT2D eigenvalue weighted by Gasteiger charge is -2.14. The quantitative estimate of drug-likeness (QED) is 0.668. The monoisotopic (exact) mass is 181 g/mol. The minimum absolute atomic E-state index is 0.136. The SMILES string of the molecule is C=C(C)CNC(=O)C1=CCCCO1. The summed E-state index contributed by atoms with van der Waals surface area (Å²) in [7, 11) is 0. The molecule has 13 heavy (non-hydrogen) atoms. The molecule has 0 atom stereocenters. The first-order chi connectivity index (χ1) is 6.20. The van der Waals surface area contributed by atoms with Gasteiger partial charge in [0.25, 0.3) is 5.91 Å². The van der Waals surface area contributed by atoms with Crippen molar-refractivity contribution in [3.63, 3.8) is 0 Å². The molecule has 0 unspecified atom stereocenters. The van der Waals surface area contributed by atoms with Crippen LogP contribution in [0.5, 0.6) is 0 Å². The van der Waals surface area contributed by atoms with E-state index in [1.54, 1.807) is 0 Å². The number of carbonyl (C=O) groups excluding carboxylic acids is 1. The first-order valence-corrected chi connectivity index (χ1v) is 4.45. The van der Waals surface area contributed by atoms with Crippen LogP contribution in [0, 0.1) is 0 Å². The van der Waals surface area contributed by atoms with E-state index in [1.807, 2.05) is 13.0 Å². The molecule has 72 valence electrons. The highest BCUT2D eigenvalue weighted by Gasteiger charge is 2.12. The third-order valence-corrected chi connectivity index (χ3v) is 1.71. The highest BCUT2D eigenvalue weighted by molar-refractivity contribution is 5.91. The fourth-order valence-electron chi connectivity index (χ4n) is 1.03. The van der Waals surface area contributed by atoms with Crippen molar-refractivity contribution in [2.24, 2.45) is 0 Å². The predicted octanol–water partition coefficient (Wildman–Crippen LogP) is 1.37. The second kappa shape index (κ2) is 4.70. The van der Waals surface area contributed by atoms with E-state index in [0.29, 0.717) is 18.9 Å². The first-order valence-electron chi connectivity index (χ1n) is 4.45. The van der Waals surface area contributed by atoms with E-state index < -0.39 is 0 Å². The molecule has 0 aromatic carbocycles. The normalized spacial score (nSPS) is 15.6. The van der Waals surface area contributed by atoms with Crippen molar-refractivity contribution in [1.29, 1.82) is 0 Å². The molecule has 1 heterocycles. The fourth-order valence-corrected chi connectivity index (χ4v) is 1.03. The van der Waals surface area contributed by atoms with Crippen molar-refractivity contribution in [2.75, 3.05) is 13.2 Å². The number of carbonyl (C=O) groups is 1. The average Bonchev–Trinajstić information content (AvgIpc) is 2.15. The summed E-state index contributed by atoms with van der Waals surface area (Å²) in [6.07, 6.45) is 3.75. The van der Waals surface area contributed by atoms with Crippen LogP contribution in [0.15, 0.2) is 24.0 Å². The van der Waals surface area contributed by atoms with Gasteiger partial charge in [-0.15, -0.1) is 0 Å². The molecule has 0 saturated carbocycles. The Hall–Kier alpha value is -1.25. The molecule has 3 nitrogen and oxygen atoms in total. The molecule has 0 saturated heterocycles. The molecule has 3 heteroatoms. The van der Waals surface area contributed by atoms with Gasteiger partial charge in [0.2, 0.25) is 0 Å². The topological polar surface area (TPSA) is 38.3 Å². The van der Waals surface area contributed by atoms with Gasteiger partial charge in [-0.25, -0.2) is 0 Å². The predicted molar refractivity (Wildman–Crippen MR) is 51.1 cm³/mol. The van der Waals surface area contributed by atoms with E-state index in [1.165, 1.54) is 0 Å². The molecular weight excluding hydrogens is 166 g/mol. The number of nitrogens with one attached hydrogen (secondary N) is 1. The Labute approximate surface area is 78.5 Å². The van der Waals surface area contributed by atoms with Gasteiger partial charge in [-0.1, -0.05) is 12.2 Å². The lowest BCUT2D eigenvalue weighted by atomic mass is 10.2. The Kier molecular flexibility index (Phi) is 3.55. The summed E-state index contributed by atoms with van der Waals surface area (Å²) in [6.45, 7) is 6.73. The maximum absolute atomic E-state index is 11.4. The maximum Gasteiger partial charge on any atom is 0.286 e. The van der Waals surface area contributed by atoms with Gasteiger partial charge in [-0.05, 0) is 25.8 Å². The average molecular weight is 181 g/mol. The summed E-state index contributed by atoms with van der Waals surface area (Å²) in [5.41, 5.74) is 0.935. The number of amides is 1. The summed E-state index contributed by atoms with van der Waals surface area (Å²) < 4.78 is 5.19. The van der Waals surface area contributed by atoms with Crippen LogP contribution < -0.4 is 5.32 Å². The standard InChI is InChI=1S/C10H15NO2/c1-8(2)7-11-10(12)9-5-3-4-6-13-9/h5H,1,3-4,6-7H2,2H3,(H,11,12). The van der Waals surface area contributed by atoms with E-state index in [2.05, 4.69) is 11.9 Å². The van der Waals surface area contributed by atoms with E-state index >= 15 is 0 Å². The van der Waals surface area contributed by atoms with Gasteiger partial charge in [0.05, 0.1) is 6.61 Å². The molecule has 1 aliphatic rings. The Bertz CT molecular complexity index is 243. The van der Waals surface area contributed by atoms with E-state index in [0.717, 1.165) is 18.4 Å². The zero-order chi connectivity index (χ0) is 9.68. The second-order valence-corrected chi connectivity index (χ2v) is 3.20. The summed E-state index contributed by atoms with van der Waals surface area (Å²) in [5, 5.41) is 2.72. The molecule has 1 rings (SSSR count). The van der Waals surface area contributed by atoms with Crippen LogP contribution >= 0.6 is 0 Å². The highest BCUT2D eigenvalue weighted by atomic mass is 16.5. The molecule has 0 aromatic heterocycles. The minimum atomic E-state index is -0.136. The largest absolute Gasteiger partial charge is 0.488 e. The highest BCUT2D eigenvalue weighted by Crippen LogP contribution is 2.09. The van der Waals surface area contributed by atoms with Crippen molar-refractivity contribution in [3.05, 3.63) is 24.0 Å². The number of rotatable bonds is 3. The fraction of sp³-hybridized carbons (Fsp3) is 0.500. The minimum Gasteiger partial charge on any atom is -0.488 e. The zero-order valence-corrected chi connectivity index (χ0v) is 7.93. The number of allylic oxidation sites excluding steroid dienone is 1. The molecule has 0 spiro atoms. The van der Waals surface area contributed by atoms with Crippen molar-refractivity contribution >= 4 is 5.91 Å². The Morgan fingerprint density at radius 1 is 1.77 bits per heavy atom. The molecule has 0 aromatic rings. The van der Waals surface area contributed by atoms with Crippen molar-refractivity contribution in [3.8, 4) is 0 Å². The molecule has 0 radical (unpaired) electrons. The second-order valence-electron chi connectivity index (χ2n) is 3.20. The molecule has 0 fully saturated rings. The van der Waals surface area contributed by atoms with Crippen LogP contribution in [0.3, 0.4) is 0 Å². The molecule has 0 aliphatic carbocycles. The summed E-state index contributed by atoms with van der Waals surface area (Å²) in [6, 6.07) is 0. The zero-order valence-electron chi connectivity index (χ0n) is 7.93. The Balaban J connectivity index is 2.38. The van der Waals surface area contributed by atoms with E-state index in [9.17, 15) is 4.79 Å². The summed E-state index contributed by atoms with van der Waals surface area (Å²) >= 11 is 0. The van der Waals surface area contributed by atoms with Gasteiger partial charge in [-0.3, -0.25) is 4.79 Å². The third kappa shape index (κ3) is 3.32. The van der Waals surface area contributed by atoms with Crippen LogP contribution in [0.25, 0.3) is 0 Å². The summed E-state index contributed by atoms with van der Waals surface area (Å²) in [5.74, 6) is 0.315. The number of ether oxygens (including phenoxy) is 1. The molecule has 0 bridgehead atoms. The van der Waals surface area contributed by atoms with Crippen LogP contribution in [0.4, 0.5) is 0 Å². The van der Waals surface area contributed by atoms with Gasteiger partial charge in [0.1, 0.15) is 0 Å². The van der Waals surface area contributed by atoms with Crippen molar-refractivity contribution < 1.29 is 9.53 Å². The first kappa shape index (κ1) is 9.84. The van der Waals surface area contributed by atoms with Crippen LogP contribution in [-0.2, 0) is 9.53 Å². The van der Waals surface area contributed by atoms with E-state index in [4.69, 9.17) is 4.74 Å². The molecule has 1 aliphatic heterocycles. The van der Waals surface area contributed by atoms with Crippen LogP contribution in [-0.4, -0.2) is 19.1 Å². The molecular formula is C10H15NO2. The van der Waals surface area contributed by atoms with Crippen molar-refractivity contribution in [2.45, 2.75) is 19.8 Å². The lowest BCUT2D eigenvalue weighted by Crippen LogP contribution is -2.28. The van der Waals surface area contributed by atoms with Gasteiger partial charge in [-0.2, -0.15) is 0 Å². The summed E-state index contributed by atoms with van der Waals surface area (Å²) in [4.78, 5) is 11.4. The molecule has 1 N–H and O–H groups in total. The van der Waals surface area contributed by atoms with Gasteiger partial charge < -0.3 is 10.1 Å². The van der Waals surface area contributed by atoms with E-state index in [-0.39, 0.29) is 5.91 Å². The van der Waals surface area contributed by atoms with Crippen molar-refractivity contribution in [1.82, 2.24) is 5.32 Å². The van der Waals surface area contributed by atoms with Gasteiger partial charge in [0, 0.05) is 6.54 Å².